The van der Waals surface area contributed by atoms with Gasteiger partial charge in [0.25, 0.3) is 5.91 Å². The molecule has 3 rings (SSSR count). The van der Waals surface area contributed by atoms with E-state index in [1.54, 1.807) is 12.3 Å². The Kier molecular flexibility index (Phi) is 4.26. The van der Waals surface area contributed by atoms with Gasteiger partial charge >= 0.3 is 0 Å². The van der Waals surface area contributed by atoms with E-state index in [2.05, 4.69) is 10.3 Å². The zero-order valence-electron chi connectivity index (χ0n) is 12.7. The highest BCUT2D eigenvalue weighted by molar-refractivity contribution is 7.90. The molecule has 1 heterocycles. The molecule has 0 bridgehead atoms. The molecule has 1 N–H and O–H groups in total. The number of hydrogen-bond donors (Lipinski definition) is 1. The van der Waals surface area contributed by atoms with Crippen LogP contribution in [0.3, 0.4) is 0 Å². The van der Waals surface area contributed by atoms with Crippen molar-refractivity contribution in [1.29, 1.82) is 0 Å². The van der Waals surface area contributed by atoms with Gasteiger partial charge < -0.3 is 5.32 Å². The minimum absolute atomic E-state index is 0.0755. The van der Waals surface area contributed by atoms with Crippen LogP contribution in [-0.2, 0) is 9.84 Å². The number of aromatic nitrogens is 1. The summed E-state index contributed by atoms with van der Waals surface area (Å²) in [6.07, 6.45) is 2.59. The molecule has 2 aromatic carbocycles. The Hall–Kier alpha value is -2.44. The zero-order chi connectivity index (χ0) is 17.3. The predicted molar refractivity (Wildman–Crippen MR) is 94.3 cm³/mol. The Balaban J connectivity index is 1.91. The summed E-state index contributed by atoms with van der Waals surface area (Å²) in [4.78, 5) is 16.6. The van der Waals surface area contributed by atoms with Crippen LogP contribution in [0.15, 0.2) is 59.6 Å². The van der Waals surface area contributed by atoms with Crippen molar-refractivity contribution in [2.75, 3.05) is 11.6 Å². The summed E-state index contributed by atoms with van der Waals surface area (Å²) in [5, 5.41) is 3.69. The van der Waals surface area contributed by atoms with E-state index >= 15 is 0 Å². The van der Waals surface area contributed by atoms with Crippen LogP contribution in [0.25, 0.3) is 10.9 Å². The number of carbonyl (C=O) groups is 1. The van der Waals surface area contributed by atoms with Gasteiger partial charge in [0.05, 0.1) is 27.3 Å². The average Bonchev–Trinajstić information content (AvgIpc) is 2.54. The SMILES string of the molecule is CS(=O)(=O)c1cc(C(=O)Nc2cnc3ccccc3c2)ccc1Cl. The number of hydrogen-bond acceptors (Lipinski definition) is 4. The van der Waals surface area contributed by atoms with E-state index in [0.29, 0.717) is 5.69 Å². The number of amides is 1. The molecule has 0 aliphatic heterocycles. The number of nitrogens with zero attached hydrogens (tertiary/aromatic N) is 1. The molecule has 5 nitrogen and oxygen atoms in total. The second-order valence-electron chi connectivity index (χ2n) is 5.29. The number of fused-ring (bicyclic) bond motifs is 1. The van der Waals surface area contributed by atoms with Gasteiger partial charge in [-0.3, -0.25) is 9.78 Å². The molecule has 24 heavy (non-hydrogen) atoms. The molecule has 0 aliphatic rings. The van der Waals surface area contributed by atoms with Gasteiger partial charge in [-0.25, -0.2) is 8.42 Å². The lowest BCUT2D eigenvalue weighted by molar-refractivity contribution is 0.102. The molecule has 3 aromatic rings. The van der Waals surface area contributed by atoms with Crippen molar-refractivity contribution in [3.8, 4) is 0 Å². The maximum absolute atomic E-state index is 12.4. The predicted octanol–water partition coefficient (Wildman–Crippen LogP) is 3.54. The second-order valence-corrected chi connectivity index (χ2v) is 7.68. The topological polar surface area (TPSA) is 76.1 Å². The highest BCUT2D eigenvalue weighted by atomic mass is 35.5. The van der Waals surface area contributed by atoms with Crippen molar-refractivity contribution >= 4 is 43.9 Å². The third kappa shape index (κ3) is 3.39. The fraction of sp³-hybridized carbons (Fsp3) is 0.0588. The fourth-order valence-corrected chi connectivity index (χ4v) is 3.57. The van der Waals surface area contributed by atoms with Gasteiger partial charge in [-0.2, -0.15) is 0 Å². The number of nitrogens with one attached hydrogen (secondary N) is 1. The fourth-order valence-electron chi connectivity index (χ4n) is 2.27. The van der Waals surface area contributed by atoms with Gasteiger partial charge in [0.15, 0.2) is 9.84 Å². The smallest absolute Gasteiger partial charge is 0.255 e. The molecule has 1 aromatic heterocycles. The number of pyridine rings is 1. The van der Waals surface area contributed by atoms with Crippen LogP contribution in [-0.4, -0.2) is 25.6 Å². The summed E-state index contributed by atoms with van der Waals surface area (Å²) >= 11 is 5.89. The Bertz CT molecular complexity index is 1050. The van der Waals surface area contributed by atoms with Gasteiger partial charge in [0, 0.05) is 17.2 Å². The Morgan fingerprint density at radius 1 is 1.12 bits per heavy atom. The first kappa shape index (κ1) is 16.4. The van der Waals surface area contributed by atoms with E-state index in [-0.39, 0.29) is 15.5 Å². The third-order valence-corrected chi connectivity index (χ3v) is 5.02. The first-order valence-corrected chi connectivity index (χ1v) is 9.27. The Morgan fingerprint density at radius 2 is 1.88 bits per heavy atom. The van der Waals surface area contributed by atoms with Crippen LogP contribution in [0.4, 0.5) is 5.69 Å². The molecular formula is C17H13ClN2O3S. The van der Waals surface area contributed by atoms with E-state index in [1.165, 1.54) is 18.2 Å². The molecule has 0 spiro atoms. The van der Waals surface area contributed by atoms with Gasteiger partial charge in [-0.05, 0) is 30.3 Å². The normalized spacial score (nSPS) is 11.4. The summed E-state index contributed by atoms with van der Waals surface area (Å²) in [5.41, 5.74) is 1.55. The molecule has 0 unspecified atom stereocenters. The summed E-state index contributed by atoms with van der Waals surface area (Å²) < 4.78 is 23.4. The lowest BCUT2D eigenvalue weighted by Gasteiger charge is -2.08. The quantitative estimate of drug-likeness (QED) is 0.775. The van der Waals surface area contributed by atoms with Gasteiger partial charge in [-0.1, -0.05) is 29.8 Å². The lowest BCUT2D eigenvalue weighted by atomic mass is 10.2. The first-order chi connectivity index (χ1) is 11.3. The van der Waals surface area contributed by atoms with Crippen LogP contribution in [0.1, 0.15) is 10.4 Å². The highest BCUT2D eigenvalue weighted by Crippen LogP contribution is 2.23. The van der Waals surface area contributed by atoms with E-state index in [4.69, 9.17) is 11.6 Å². The number of halogens is 1. The molecule has 1 amide bonds. The van der Waals surface area contributed by atoms with Crippen molar-refractivity contribution in [1.82, 2.24) is 4.98 Å². The molecule has 0 radical (unpaired) electrons. The van der Waals surface area contributed by atoms with Gasteiger partial charge in [0.1, 0.15) is 0 Å². The highest BCUT2D eigenvalue weighted by Gasteiger charge is 2.16. The molecule has 0 fully saturated rings. The van der Waals surface area contributed by atoms with Crippen molar-refractivity contribution in [3.63, 3.8) is 0 Å². The number of anilines is 1. The van der Waals surface area contributed by atoms with Crippen molar-refractivity contribution in [3.05, 3.63) is 65.3 Å². The maximum Gasteiger partial charge on any atom is 0.255 e. The van der Waals surface area contributed by atoms with E-state index in [9.17, 15) is 13.2 Å². The Labute approximate surface area is 144 Å². The van der Waals surface area contributed by atoms with Crippen LogP contribution in [0, 0.1) is 0 Å². The molecule has 7 heteroatoms. The molecule has 0 atom stereocenters. The zero-order valence-corrected chi connectivity index (χ0v) is 14.2. The molecule has 0 aliphatic carbocycles. The standard InChI is InChI=1S/C17H13ClN2O3S/c1-24(22,23)16-9-12(6-7-14(16)18)17(21)20-13-8-11-4-2-3-5-15(11)19-10-13/h2-10H,1H3,(H,20,21). The van der Waals surface area contributed by atoms with Crippen LogP contribution in [0.5, 0.6) is 0 Å². The number of sulfone groups is 1. The number of carbonyl (C=O) groups excluding carboxylic acids is 1. The van der Waals surface area contributed by atoms with Crippen molar-refractivity contribution in [2.24, 2.45) is 0 Å². The van der Waals surface area contributed by atoms with Crippen LogP contribution < -0.4 is 5.32 Å². The first-order valence-electron chi connectivity index (χ1n) is 7.00. The molecular weight excluding hydrogens is 348 g/mol. The van der Waals surface area contributed by atoms with E-state index in [0.717, 1.165) is 17.2 Å². The number of rotatable bonds is 3. The average molecular weight is 361 g/mol. The van der Waals surface area contributed by atoms with Gasteiger partial charge in [0.2, 0.25) is 0 Å². The molecule has 0 saturated carbocycles. The summed E-state index contributed by atoms with van der Waals surface area (Å²) in [6, 6.07) is 13.5. The van der Waals surface area contributed by atoms with Crippen molar-refractivity contribution < 1.29 is 13.2 Å². The lowest BCUT2D eigenvalue weighted by Crippen LogP contribution is -2.13. The summed E-state index contributed by atoms with van der Waals surface area (Å²) in [7, 11) is -3.52. The third-order valence-electron chi connectivity index (χ3n) is 3.44. The minimum Gasteiger partial charge on any atom is -0.321 e. The summed E-state index contributed by atoms with van der Waals surface area (Å²) in [6.45, 7) is 0. The van der Waals surface area contributed by atoms with Crippen molar-refractivity contribution in [2.45, 2.75) is 4.90 Å². The number of para-hydroxylation sites is 1. The largest absolute Gasteiger partial charge is 0.321 e. The Morgan fingerprint density at radius 3 is 2.62 bits per heavy atom. The minimum atomic E-state index is -3.52. The molecule has 0 saturated heterocycles. The maximum atomic E-state index is 12.4. The molecule has 122 valence electrons. The van der Waals surface area contributed by atoms with Gasteiger partial charge in [-0.15, -0.1) is 0 Å². The number of benzene rings is 2. The van der Waals surface area contributed by atoms with Crippen LogP contribution >= 0.6 is 11.6 Å². The van der Waals surface area contributed by atoms with E-state index in [1.807, 2.05) is 24.3 Å². The monoisotopic (exact) mass is 360 g/mol. The second kappa shape index (κ2) is 6.22. The van der Waals surface area contributed by atoms with E-state index < -0.39 is 15.7 Å². The van der Waals surface area contributed by atoms with Crippen LogP contribution in [0.2, 0.25) is 5.02 Å². The summed E-state index contributed by atoms with van der Waals surface area (Å²) in [5.74, 6) is -0.436.